The van der Waals surface area contributed by atoms with Crippen molar-refractivity contribution in [1.29, 1.82) is 0 Å². The zero-order valence-corrected chi connectivity index (χ0v) is 12.3. The van der Waals surface area contributed by atoms with E-state index in [4.69, 9.17) is 4.74 Å². The van der Waals surface area contributed by atoms with Crippen LogP contribution in [0.2, 0.25) is 0 Å². The van der Waals surface area contributed by atoms with Crippen molar-refractivity contribution in [2.45, 2.75) is 18.6 Å². The maximum atomic E-state index is 11.7. The molecule has 0 radical (unpaired) electrons. The van der Waals surface area contributed by atoms with Crippen LogP contribution in [0.1, 0.15) is 18.9 Å². The van der Waals surface area contributed by atoms with Gasteiger partial charge in [0.25, 0.3) is 0 Å². The summed E-state index contributed by atoms with van der Waals surface area (Å²) in [6.07, 6.45) is 2.07. The average Bonchev–Trinajstić information content (AvgIpc) is 2.80. The molecule has 1 aromatic rings. The van der Waals surface area contributed by atoms with Crippen molar-refractivity contribution >= 4 is 35.0 Å². The summed E-state index contributed by atoms with van der Waals surface area (Å²) >= 11 is 1.29. The molecule has 1 fully saturated rings. The summed E-state index contributed by atoms with van der Waals surface area (Å²) in [5, 5.41) is 10.7. The lowest BCUT2D eigenvalue weighted by molar-refractivity contribution is -0.141. The third-order valence-electron chi connectivity index (χ3n) is 2.62. The van der Waals surface area contributed by atoms with Crippen LogP contribution < -0.4 is 5.32 Å². The van der Waals surface area contributed by atoms with E-state index in [1.54, 1.807) is 6.21 Å². The maximum absolute atomic E-state index is 11.7. The summed E-state index contributed by atoms with van der Waals surface area (Å²) in [4.78, 5) is 22.4. The fraction of sp³-hybridized carbons (Fsp3) is 0.286. The highest BCUT2D eigenvalue weighted by Crippen LogP contribution is 2.22. The molecule has 0 aliphatic carbocycles. The lowest BCUT2D eigenvalue weighted by atomic mass is 10.2. The number of nitrogens with zero attached hydrogens (tertiary/aromatic N) is 2. The second-order valence-electron chi connectivity index (χ2n) is 4.28. The van der Waals surface area contributed by atoms with Gasteiger partial charge in [0.2, 0.25) is 5.91 Å². The number of hydrogen-bond acceptors (Lipinski definition) is 6. The topological polar surface area (TPSA) is 80.1 Å². The van der Waals surface area contributed by atoms with Gasteiger partial charge in [-0.2, -0.15) is 5.10 Å². The van der Waals surface area contributed by atoms with Crippen molar-refractivity contribution in [3.05, 3.63) is 35.9 Å². The molecule has 1 N–H and O–H groups in total. The van der Waals surface area contributed by atoms with Gasteiger partial charge in [-0.1, -0.05) is 42.1 Å². The van der Waals surface area contributed by atoms with Crippen molar-refractivity contribution in [3.8, 4) is 0 Å². The van der Waals surface area contributed by atoms with Crippen LogP contribution in [0.5, 0.6) is 0 Å². The van der Waals surface area contributed by atoms with Gasteiger partial charge in [0.05, 0.1) is 18.1 Å². The van der Waals surface area contributed by atoms with Gasteiger partial charge in [0.15, 0.2) is 5.17 Å². The van der Waals surface area contributed by atoms with Crippen LogP contribution >= 0.6 is 11.8 Å². The van der Waals surface area contributed by atoms with Gasteiger partial charge in [0, 0.05) is 13.3 Å². The van der Waals surface area contributed by atoms with Crippen molar-refractivity contribution in [2.24, 2.45) is 10.2 Å². The van der Waals surface area contributed by atoms with Gasteiger partial charge in [-0.05, 0) is 5.56 Å². The van der Waals surface area contributed by atoms with E-state index < -0.39 is 0 Å². The second kappa shape index (κ2) is 7.58. The summed E-state index contributed by atoms with van der Waals surface area (Å²) in [5.41, 5.74) is 0.933. The van der Waals surface area contributed by atoms with E-state index in [1.807, 2.05) is 30.3 Å². The standard InChI is InChI=1S/C14H15N3O3S/c1-10(18)20-8-7-12-13(19)16-14(21-12)17-15-9-11-5-3-2-4-6-11/h2-6,9,12H,7-8H2,1H3,(H,16,17,19)/b15-9+. The van der Waals surface area contributed by atoms with E-state index in [-0.39, 0.29) is 23.7 Å². The average molecular weight is 305 g/mol. The van der Waals surface area contributed by atoms with Crippen LogP contribution in [0.4, 0.5) is 0 Å². The Morgan fingerprint density at radius 1 is 1.43 bits per heavy atom. The Morgan fingerprint density at radius 3 is 2.90 bits per heavy atom. The minimum absolute atomic E-state index is 0.138. The molecule has 6 nitrogen and oxygen atoms in total. The number of ether oxygens (including phenoxy) is 1. The zero-order chi connectivity index (χ0) is 15.1. The van der Waals surface area contributed by atoms with Gasteiger partial charge in [-0.15, -0.1) is 5.10 Å². The summed E-state index contributed by atoms with van der Waals surface area (Å²) in [5.74, 6) is -0.486. The molecule has 1 aliphatic heterocycles. The van der Waals surface area contributed by atoms with E-state index in [9.17, 15) is 9.59 Å². The Labute approximate surface area is 126 Å². The third-order valence-corrected chi connectivity index (χ3v) is 3.76. The fourth-order valence-corrected chi connectivity index (χ4v) is 2.54. The van der Waals surface area contributed by atoms with Crippen LogP contribution in [0.3, 0.4) is 0 Å². The predicted molar refractivity (Wildman–Crippen MR) is 82.2 cm³/mol. The number of carbonyl (C=O) groups excluding carboxylic acids is 2. The van der Waals surface area contributed by atoms with Crippen LogP contribution in [0.15, 0.2) is 40.5 Å². The molecular weight excluding hydrogens is 290 g/mol. The number of rotatable bonds is 5. The molecule has 0 spiro atoms. The first-order valence-corrected chi connectivity index (χ1v) is 7.30. The first kappa shape index (κ1) is 15.2. The molecule has 1 aromatic carbocycles. The number of benzene rings is 1. The highest BCUT2D eigenvalue weighted by molar-refractivity contribution is 8.15. The number of nitrogens with one attached hydrogen (secondary N) is 1. The van der Waals surface area contributed by atoms with E-state index in [0.717, 1.165) is 5.56 Å². The number of hydrogen-bond donors (Lipinski definition) is 1. The zero-order valence-electron chi connectivity index (χ0n) is 11.5. The molecule has 0 aromatic heterocycles. The third kappa shape index (κ3) is 5.03. The Balaban J connectivity index is 1.85. The van der Waals surface area contributed by atoms with Crippen molar-refractivity contribution in [1.82, 2.24) is 5.32 Å². The maximum Gasteiger partial charge on any atom is 0.302 e. The summed E-state index contributed by atoms with van der Waals surface area (Å²) in [6.45, 7) is 1.56. The molecule has 2 rings (SSSR count). The normalized spacial score (nSPS) is 20.0. The summed E-state index contributed by atoms with van der Waals surface area (Å²) in [7, 11) is 0. The van der Waals surface area contributed by atoms with Gasteiger partial charge < -0.3 is 10.1 Å². The molecule has 7 heteroatoms. The molecule has 1 atom stereocenters. The first-order valence-electron chi connectivity index (χ1n) is 6.42. The molecule has 0 bridgehead atoms. The Morgan fingerprint density at radius 2 is 2.19 bits per heavy atom. The lowest BCUT2D eigenvalue weighted by Crippen LogP contribution is -2.25. The molecule has 1 aliphatic rings. The van der Waals surface area contributed by atoms with Gasteiger partial charge >= 0.3 is 5.97 Å². The molecule has 21 heavy (non-hydrogen) atoms. The number of esters is 1. The minimum Gasteiger partial charge on any atom is -0.466 e. The van der Waals surface area contributed by atoms with Crippen molar-refractivity contribution in [2.75, 3.05) is 6.61 Å². The molecule has 0 saturated carbocycles. The number of amides is 1. The molecule has 1 heterocycles. The van der Waals surface area contributed by atoms with E-state index in [0.29, 0.717) is 11.6 Å². The SMILES string of the molecule is CC(=O)OCCC1S/C(=N/N=C/c2ccccc2)NC1=O. The summed E-state index contributed by atoms with van der Waals surface area (Å²) in [6, 6.07) is 9.55. The van der Waals surface area contributed by atoms with Crippen LogP contribution in [-0.2, 0) is 14.3 Å². The fourth-order valence-electron chi connectivity index (χ4n) is 1.64. The smallest absolute Gasteiger partial charge is 0.302 e. The van der Waals surface area contributed by atoms with Crippen LogP contribution in [0, 0.1) is 0 Å². The second-order valence-corrected chi connectivity index (χ2v) is 5.48. The first-order chi connectivity index (χ1) is 10.1. The van der Waals surface area contributed by atoms with Gasteiger partial charge in [0.1, 0.15) is 0 Å². The van der Waals surface area contributed by atoms with Crippen molar-refractivity contribution in [3.63, 3.8) is 0 Å². The largest absolute Gasteiger partial charge is 0.466 e. The van der Waals surface area contributed by atoms with E-state index in [2.05, 4.69) is 15.5 Å². The van der Waals surface area contributed by atoms with Crippen LogP contribution in [-0.4, -0.2) is 35.1 Å². The quantitative estimate of drug-likeness (QED) is 0.508. The minimum atomic E-state index is -0.347. The molecule has 1 amide bonds. The Hall–Kier alpha value is -2.15. The molecule has 1 saturated heterocycles. The lowest BCUT2D eigenvalue weighted by Gasteiger charge is -2.04. The highest BCUT2D eigenvalue weighted by Gasteiger charge is 2.30. The van der Waals surface area contributed by atoms with Crippen LogP contribution in [0.25, 0.3) is 0 Å². The monoisotopic (exact) mass is 305 g/mol. The molecule has 1 unspecified atom stereocenters. The number of amidine groups is 1. The van der Waals surface area contributed by atoms with Crippen molar-refractivity contribution < 1.29 is 14.3 Å². The number of thioether (sulfide) groups is 1. The number of carbonyl (C=O) groups is 2. The highest BCUT2D eigenvalue weighted by atomic mass is 32.2. The van der Waals surface area contributed by atoms with E-state index in [1.165, 1.54) is 18.7 Å². The Kier molecular flexibility index (Phi) is 5.51. The van der Waals surface area contributed by atoms with E-state index >= 15 is 0 Å². The van der Waals surface area contributed by atoms with Gasteiger partial charge in [-0.25, -0.2) is 0 Å². The molecular formula is C14H15N3O3S. The summed E-state index contributed by atoms with van der Waals surface area (Å²) < 4.78 is 4.82. The Bertz CT molecular complexity index is 572. The molecule has 110 valence electrons. The predicted octanol–water partition coefficient (Wildman–Crippen LogP) is 1.56. The van der Waals surface area contributed by atoms with Gasteiger partial charge in [-0.3, -0.25) is 9.59 Å².